The van der Waals surface area contributed by atoms with Crippen LogP contribution in [-0.4, -0.2) is 31.7 Å². The summed E-state index contributed by atoms with van der Waals surface area (Å²) in [5, 5.41) is 7.56. The first-order chi connectivity index (χ1) is 11.5. The highest BCUT2D eigenvalue weighted by molar-refractivity contribution is 7.98. The van der Waals surface area contributed by atoms with Gasteiger partial charge in [0, 0.05) is 17.0 Å². The molecule has 2 heterocycles. The van der Waals surface area contributed by atoms with Crippen molar-refractivity contribution in [3.05, 3.63) is 47.0 Å². The molecule has 0 atom stereocenters. The Labute approximate surface area is 142 Å². The molecule has 3 rings (SSSR count). The Morgan fingerprint density at radius 3 is 2.75 bits per heavy atom. The minimum atomic E-state index is -0.464. The van der Waals surface area contributed by atoms with Crippen LogP contribution in [0.1, 0.15) is 17.0 Å². The van der Waals surface area contributed by atoms with E-state index in [2.05, 4.69) is 20.4 Å². The molecule has 124 valence electrons. The lowest BCUT2D eigenvalue weighted by Crippen LogP contribution is -2.18. The van der Waals surface area contributed by atoms with Crippen molar-refractivity contribution in [1.82, 2.24) is 19.6 Å². The highest BCUT2D eigenvalue weighted by Gasteiger charge is 2.16. The predicted octanol–water partition coefficient (Wildman–Crippen LogP) is 2.78. The zero-order chi connectivity index (χ0) is 17.3. The summed E-state index contributed by atoms with van der Waals surface area (Å²) in [5.41, 5.74) is 2.43. The molecular weight excluding hydrogens is 329 g/mol. The summed E-state index contributed by atoms with van der Waals surface area (Å²) >= 11 is 1.43. The molecule has 0 aliphatic carbocycles. The molecule has 8 heteroatoms. The fourth-order valence-electron chi connectivity index (χ4n) is 2.45. The van der Waals surface area contributed by atoms with Gasteiger partial charge < -0.3 is 5.32 Å². The SMILES string of the molecule is CSc1nc2nc(C)c(CC(=O)Nc3ccccc3F)c(C)n2n1. The maximum atomic E-state index is 13.6. The van der Waals surface area contributed by atoms with Gasteiger partial charge in [0.05, 0.1) is 12.1 Å². The molecule has 1 N–H and O–H groups in total. The number of aryl methyl sites for hydroxylation is 2. The number of aromatic nitrogens is 4. The zero-order valence-electron chi connectivity index (χ0n) is 13.5. The molecule has 1 amide bonds. The van der Waals surface area contributed by atoms with Gasteiger partial charge >= 0.3 is 0 Å². The topological polar surface area (TPSA) is 72.2 Å². The zero-order valence-corrected chi connectivity index (χ0v) is 14.3. The van der Waals surface area contributed by atoms with Crippen LogP contribution < -0.4 is 5.32 Å². The smallest absolute Gasteiger partial charge is 0.253 e. The molecule has 24 heavy (non-hydrogen) atoms. The number of nitrogens with zero attached hydrogens (tertiary/aromatic N) is 4. The van der Waals surface area contributed by atoms with E-state index in [1.165, 1.54) is 23.9 Å². The summed E-state index contributed by atoms with van der Waals surface area (Å²) in [6.07, 6.45) is 1.98. The van der Waals surface area contributed by atoms with E-state index in [-0.39, 0.29) is 18.0 Å². The van der Waals surface area contributed by atoms with Gasteiger partial charge in [-0.15, -0.1) is 5.10 Å². The second-order valence-corrected chi connectivity index (χ2v) is 6.05. The molecule has 1 aromatic carbocycles. The number of hydrogen-bond acceptors (Lipinski definition) is 5. The summed E-state index contributed by atoms with van der Waals surface area (Å²) in [5.74, 6) is -0.265. The van der Waals surface area contributed by atoms with Crippen LogP contribution in [-0.2, 0) is 11.2 Å². The second-order valence-electron chi connectivity index (χ2n) is 5.28. The number of carbonyl (C=O) groups excluding carboxylic acids is 1. The van der Waals surface area contributed by atoms with E-state index >= 15 is 0 Å². The van der Waals surface area contributed by atoms with Crippen molar-refractivity contribution in [1.29, 1.82) is 0 Å². The molecule has 0 aliphatic heterocycles. The first-order valence-corrected chi connectivity index (χ1v) is 8.53. The van der Waals surface area contributed by atoms with Crippen molar-refractivity contribution in [3.63, 3.8) is 0 Å². The van der Waals surface area contributed by atoms with Crippen LogP contribution in [0, 0.1) is 19.7 Å². The Kier molecular flexibility index (Phi) is 4.48. The largest absolute Gasteiger partial charge is 0.323 e. The van der Waals surface area contributed by atoms with Crippen molar-refractivity contribution in [2.45, 2.75) is 25.4 Å². The maximum absolute atomic E-state index is 13.6. The fraction of sp³-hybridized carbons (Fsp3) is 0.250. The number of benzene rings is 1. The third-order valence-electron chi connectivity index (χ3n) is 3.70. The Hall–Kier alpha value is -2.48. The lowest BCUT2D eigenvalue weighted by Gasteiger charge is -2.11. The van der Waals surface area contributed by atoms with Crippen molar-refractivity contribution in [2.75, 3.05) is 11.6 Å². The standard InChI is InChI=1S/C16H16FN5OS/c1-9-11(8-14(23)19-13-7-5-4-6-12(13)17)10(2)22-15(18-9)20-16(21-22)24-3/h4-7H,8H2,1-3H3,(H,19,23). The van der Waals surface area contributed by atoms with Gasteiger partial charge in [0.15, 0.2) is 0 Å². The summed E-state index contributed by atoms with van der Waals surface area (Å²) in [6.45, 7) is 3.69. The number of amides is 1. The normalized spacial score (nSPS) is 11.0. The van der Waals surface area contributed by atoms with E-state index in [0.717, 1.165) is 11.3 Å². The van der Waals surface area contributed by atoms with Gasteiger partial charge in [0.1, 0.15) is 5.82 Å². The first-order valence-electron chi connectivity index (χ1n) is 7.31. The molecule has 0 fully saturated rings. The van der Waals surface area contributed by atoms with Gasteiger partial charge in [-0.05, 0) is 32.2 Å². The molecule has 0 radical (unpaired) electrons. The summed E-state index contributed by atoms with van der Waals surface area (Å²) in [4.78, 5) is 21.0. The lowest BCUT2D eigenvalue weighted by molar-refractivity contribution is -0.115. The number of hydrogen-bond donors (Lipinski definition) is 1. The minimum Gasteiger partial charge on any atom is -0.323 e. The minimum absolute atomic E-state index is 0.0867. The second kappa shape index (κ2) is 6.56. The Morgan fingerprint density at radius 1 is 1.29 bits per heavy atom. The molecule has 6 nitrogen and oxygen atoms in total. The summed E-state index contributed by atoms with van der Waals surface area (Å²) in [7, 11) is 0. The Bertz CT molecular complexity index is 924. The third-order valence-corrected chi connectivity index (χ3v) is 4.24. The van der Waals surface area contributed by atoms with E-state index in [4.69, 9.17) is 0 Å². The first kappa shape index (κ1) is 16.4. The van der Waals surface area contributed by atoms with Gasteiger partial charge in [-0.3, -0.25) is 4.79 Å². The number of nitrogens with one attached hydrogen (secondary N) is 1. The van der Waals surface area contributed by atoms with Gasteiger partial charge in [-0.25, -0.2) is 13.9 Å². The number of carbonyl (C=O) groups is 1. The molecule has 3 aromatic rings. The van der Waals surface area contributed by atoms with Crippen LogP contribution in [0.5, 0.6) is 0 Å². The molecule has 0 spiro atoms. The van der Waals surface area contributed by atoms with Gasteiger partial charge in [-0.1, -0.05) is 23.9 Å². The van der Waals surface area contributed by atoms with E-state index < -0.39 is 5.82 Å². The van der Waals surface area contributed by atoms with Crippen LogP contribution in [0.15, 0.2) is 29.4 Å². The maximum Gasteiger partial charge on any atom is 0.253 e. The number of halogens is 1. The van der Waals surface area contributed by atoms with Gasteiger partial charge in [0.25, 0.3) is 5.78 Å². The van der Waals surface area contributed by atoms with Gasteiger partial charge in [-0.2, -0.15) is 4.98 Å². The van der Waals surface area contributed by atoms with E-state index in [9.17, 15) is 9.18 Å². The van der Waals surface area contributed by atoms with E-state index in [1.807, 2.05) is 20.1 Å². The number of thioether (sulfide) groups is 1. The lowest BCUT2D eigenvalue weighted by atomic mass is 10.1. The molecule has 0 bridgehead atoms. The quantitative estimate of drug-likeness (QED) is 0.736. The number of anilines is 1. The highest BCUT2D eigenvalue weighted by atomic mass is 32.2. The average Bonchev–Trinajstić information content (AvgIpc) is 2.97. The molecule has 0 unspecified atom stereocenters. The van der Waals surface area contributed by atoms with Crippen LogP contribution in [0.4, 0.5) is 10.1 Å². The summed E-state index contributed by atoms with van der Waals surface area (Å²) < 4.78 is 15.3. The van der Waals surface area contributed by atoms with Crippen molar-refractivity contribution in [3.8, 4) is 0 Å². The molecule has 2 aromatic heterocycles. The highest BCUT2D eigenvalue weighted by Crippen LogP contribution is 2.18. The van der Waals surface area contributed by atoms with E-state index in [1.54, 1.807) is 16.6 Å². The Balaban J connectivity index is 1.89. The average molecular weight is 345 g/mol. The van der Waals surface area contributed by atoms with Gasteiger partial charge in [0.2, 0.25) is 11.1 Å². The van der Waals surface area contributed by atoms with Crippen LogP contribution in [0.25, 0.3) is 5.78 Å². The molecule has 0 aliphatic rings. The monoisotopic (exact) mass is 345 g/mol. The third kappa shape index (κ3) is 3.09. The Morgan fingerprint density at radius 2 is 2.04 bits per heavy atom. The van der Waals surface area contributed by atoms with Crippen LogP contribution in [0.2, 0.25) is 0 Å². The fourth-order valence-corrected chi connectivity index (χ4v) is 2.79. The number of para-hydroxylation sites is 1. The molecule has 0 saturated carbocycles. The van der Waals surface area contributed by atoms with Crippen LogP contribution >= 0.6 is 11.8 Å². The number of rotatable bonds is 4. The van der Waals surface area contributed by atoms with Crippen LogP contribution in [0.3, 0.4) is 0 Å². The summed E-state index contributed by atoms with van der Waals surface area (Å²) in [6, 6.07) is 6.07. The molecular formula is C16H16FN5OS. The van der Waals surface area contributed by atoms with Crippen molar-refractivity contribution < 1.29 is 9.18 Å². The predicted molar refractivity (Wildman–Crippen MR) is 90.8 cm³/mol. The van der Waals surface area contributed by atoms with Crippen molar-refractivity contribution >= 4 is 29.1 Å². The molecule has 0 saturated heterocycles. The number of fused-ring (bicyclic) bond motifs is 1. The van der Waals surface area contributed by atoms with E-state index in [0.29, 0.717) is 16.6 Å². The van der Waals surface area contributed by atoms with Crippen molar-refractivity contribution in [2.24, 2.45) is 0 Å².